The molecule has 118 valence electrons. The maximum absolute atomic E-state index is 13.4. The molecule has 0 aliphatic carbocycles. The standard InChI is InChI=1S/C16H19F2N3O/c1-2-21-10-11(9-20-21)8-19-15-5-6-22-16(15)12-3-4-13(17)14(18)7-12/h3-4,7,9-10,15-16,19H,2,5-6,8H2,1H3/t15-,16+/m1/s1. The van der Waals surface area contributed by atoms with Crippen molar-refractivity contribution in [1.29, 1.82) is 0 Å². The van der Waals surface area contributed by atoms with Crippen LogP contribution >= 0.6 is 0 Å². The Kier molecular flexibility index (Phi) is 4.49. The molecule has 1 saturated heterocycles. The third-order valence-electron chi connectivity index (χ3n) is 3.94. The van der Waals surface area contributed by atoms with Gasteiger partial charge in [0.2, 0.25) is 0 Å². The van der Waals surface area contributed by atoms with E-state index in [4.69, 9.17) is 4.74 Å². The molecule has 1 aliphatic heterocycles. The molecule has 2 aromatic rings. The highest BCUT2D eigenvalue weighted by Crippen LogP contribution is 2.30. The Bertz CT molecular complexity index is 644. The highest BCUT2D eigenvalue weighted by molar-refractivity contribution is 5.22. The molecule has 0 unspecified atom stereocenters. The number of halogens is 2. The molecule has 1 fully saturated rings. The summed E-state index contributed by atoms with van der Waals surface area (Å²) in [5.41, 5.74) is 1.76. The van der Waals surface area contributed by atoms with Crippen molar-refractivity contribution in [2.45, 2.75) is 38.6 Å². The minimum absolute atomic E-state index is 0.0786. The van der Waals surface area contributed by atoms with Gasteiger partial charge in [0, 0.05) is 37.5 Å². The summed E-state index contributed by atoms with van der Waals surface area (Å²) in [6.07, 6.45) is 4.41. The van der Waals surface area contributed by atoms with Gasteiger partial charge in [-0.15, -0.1) is 0 Å². The lowest BCUT2D eigenvalue weighted by atomic mass is 10.0. The van der Waals surface area contributed by atoms with Crippen LogP contribution in [0.2, 0.25) is 0 Å². The van der Waals surface area contributed by atoms with Crippen molar-refractivity contribution in [3.8, 4) is 0 Å². The molecule has 0 bridgehead atoms. The molecular formula is C16H19F2N3O. The van der Waals surface area contributed by atoms with Crippen molar-refractivity contribution in [3.63, 3.8) is 0 Å². The number of hydrogen-bond acceptors (Lipinski definition) is 3. The molecule has 22 heavy (non-hydrogen) atoms. The van der Waals surface area contributed by atoms with E-state index in [1.807, 2.05) is 24.0 Å². The second-order valence-electron chi connectivity index (χ2n) is 5.45. The van der Waals surface area contributed by atoms with Crippen molar-refractivity contribution in [1.82, 2.24) is 15.1 Å². The number of ether oxygens (including phenoxy) is 1. The third kappa shape index (κ3) is 3.18. The fourth-order valence-electron chi connectivity index (χ4n) is 2.74. The first-order valence-electron chi connectivity index (χ1n) is 7.48. The van der Waals surface area contributed by atoms with Gasteiger partial charge in [-0.2, -0.15) is 5.10 Å². The van der Waals surface area contributed by atoms with Crippen LogP contribution < -0.4 is 5.32 Å². The summed E-state index contributed by atoms with van der Waals surface area (Å²) < 4.78 is 34.0. The number of aryl methyl sites for hydroxylation is 1. The van der Waals surface area contributed by atoms with Crippen LogP contribution in [0.3, 0.4) is 0 Å². The summed E-state index contributed by atoms with van der Waals surface area (Å²) in [7, 11) is 0. The monoisotopic (exact) mass is 307 g/mol. The largest absolute Gasteiger partial charge is 0.372 e. The van der Waals surface area contributed by atoms with E-state index in [0.29, 0.717) is 18.7 Å². The minimum atomic E-state index is -0.837. The Labute approximate surface area is 128 Å². The fourth-order valence-corrected chi connectivity index (χ4v) is 2.74. The highest BCUT2D eigenvalue weighted by Gasteiger charge is 2.29. The number of aromatic nitrogens is 2. The van der Waals surface area contributed by atoms with Gasteiger partial charge in [-0.25, -0.2) is 8.78 Å². The number of benzene rings is 1. The van der Waals surface area contributed by atoms with Crippen molar-refractivity contribution < 1.29 is 13.5 Å². The quantitative estimate of drug-likeness (QED) is 0.923. The molecule has 1 aliphatic rings. The maximum atomic E-state index is 13.4. The van der Waals surface area contributed by atoms with Gasteiger partial charge in [0.05, 0.1) is 12.3 Å². The van der Waals surface area contributed by atoms with Crippen molar-refractivity contribution in [2.24, 2.45) is 0 Å². The first-order valence-corrected chi connectivity index (χ1v) is 7.48. The van der Waals surface area contributed by atoms with E-state index < -0.39 is 11.6 Å². The zero-order valence-corrected chi connectivity index (χ0v) is 12.4. The van der Waals surface area contributed by atoms with Crippen LogP contribution in [-0.2, 0) is 17.8 Å². The van der Waals surface area contributed by atoms with Crippen LogP contribution in [0.1, 0.15) is 30.6 Å². The molecule has 4 nitrogen and oxygen atoms in total. The zero-order valence-electron chi connectivity index (χ0n) is 12.4. The van der Waals surface area contributed by atoms with Crippen LogP contribution in [0.4, 0.5) is 8.78 Å². The average molecular weight is 307 g/mol. The summed E-state index contributed by atoms with van der Waals surface area (Å²) in [5.74, 6) is -1.67. The van der Waals surface area contributed by atoms with E-state index in [1.54, 1.807) is 6.07 Å². The van der Waals surface area contributed by atoms with Gasteiger partial charge in [0.15, 0.2) is 11.6 Å². The molecule has 2 heterocycles. The molecule has 0 radical (unpaired) electrons. The molecule has 0 amide bonds. The summed E-state index contributed by atoms with van der Waals surface area (Å²) in [6.45, 7) is 4.15. The molecule has 6 heteroatoms. The van der Waals surface area contributed by atoms with Crippen LogP contribution in [0.25, 0.3) is 0 Å². The normalized spacial score (nSPS) is 21.4. The Morgan fingerprint density at radius 1 is 1.36 bits per heavy atom. The minimum Gasteiger partial charge on any atom is -0.372 e. The smallest absolute Gasteiger partial charge is 0.159 e. The van der Waals surface area contributed by atoms with E-state index in [9.17, 15) is 8.78 Å². The number of hydrogen-bond donors (Lipinski definition) is 1. The predicted octanol–water partition coefficient (Wildman–Crippen LogP) is 2.80. The lowest BCUT2D eigenvalue weighted by molar-refractivity contribution is 0.0981. The molecular weight excluding hydrogens is 288 g/mol. The van der Waals surface area contributed by atoms with Crippen molar-refractivity contribution in [2.75, 3.05) is 6.61 Å². The molecule has 1 aromatic carbocycles. The third-order valence-corrected chi connectivity index (χ3v) is 3.94. The summed E-state index contributed by atoms with van der Waals surface area (Å²) >= 11 is 0. The van der Waals surface area contributed by atoms with E-state index in [1.165, 1.54) is 6.07 Å². The Balaban J connectivity index is 1.66. The van der Waals surface area contributed by atoms with Gasteiger partial charge in [0.1, 0.15) is 0 Å². The van der Waals surface area contributed by atoms with E-state index in [2.05, 4.69) is 10.4 Å². The fraction of sp³-hybridized carbons (Fsp3) is 0.438. The van der Waals surface area contributed by atoms with Gasteiger partial charge >= 0.3 is 0 Å². The predicted molar refractivity (Wildman–Crippen MR) is 78.2 cm³/mol. The van der Waals surface area contributed by atoms with Crippen molar-refractivity contribution >= 4 is 0 Å². The summed E-state index contributed by atoms with van der Waals surface area (Å²) in [5, 5.41) is 7.66. The lowest BCUT2D eigenvalue weighted by Gasteiger charge is -2.20. The maximum Gasteiger partial charge on any atom is 0.159 e. The van der Waals surface area contributed by atoms with Gasteiger partial charge in [0.25, 0.3) is 0 Å². The Morgan fingerprint density at radius 3 is 2.95 bits per heavy atom. The molecule has 3 rings (SSSR count). The zero-order chi connectivity index (χ0) is 15.5. The Morgan fingerprint density at radius 2 is 2.23 bits per heavy atom. The molecule has 1 N–H and O–H groups in total. The second kappa shape index (κ2) is 6.54. The van der Waals surface area contributed by atoms with E-state index in [-0.39, 0.29) is 12.1 Å². The number of nitrogens with zero attached hydrogens (tertiary/aromatic N) is 2. The average Bonchev–Trinajstić information content (AvgIpc) is 3.16. The first-order chi connectivity index (χ1) is 10.7. The summed E-state index contributed by atoms with van der Waals surface area (Å²) in [4.78, 5) is 0. The molecule has 1 aromatic heterocycles. The highest BCUT2D eigenvalue weighted by atomic mass is 19.2. The molecule has 2 atom stereocenters. The van der Waals surface area contributed by atoms with Gasteiger partial charge < -0.3 is 10.1 Å². The van der Waals surface area contributed by atoms with Crippen LogP contribution in [0.5, 0.6) is 0 Å². The van der Waals surface area contributed by atoms with E-state index in [0.717, 1.165) is 24.6 Å². The SMILES string of the molecule is CCn1cc(CN[C@@H]2CCO[C@H]2c2ccc(F)c(F)c2)cn1. The Hall–Kier alpha value is -1.79. The molecule has 0 saturated carbocycles. The lowest BCUT2D eigenvalue weighted by Crippen LogP contribution is -2.31. The first kappa shape index (κ1) is 15.1. The van der Waals surface area contributed by atoms with Crippen LogP contribution in [0.15, 0.2) is 30.6 Å². The summed E-state index contributed by atoms with van der Waals surface area (Å²) in [6, 6.07) is 4.02. The van der Waals surface area contributed by atoms with Crippen molar-refractivity contribution in [3.05, 3.63) is 53.4 Å². The van der Waals surface area contributed by atoms with E-state index >= 15 is 0 Å². The topological polar surface area (TPSA) is 39.1 Å². The van der Waals surface area contributed by atoms with Gasteiger partial charge in [-0.05, 0) is 31.0 Å². The number of nitrogens with one attached hydrogen (secondary N) is 1. The number of rotatable bonds is 5. The van der Waals surface area contributed by atoms with Gasteiger partial charge in [-0.3, -0.25) is 4.68 Å². The van der Waals surface area contributed by atoms with Crippen LogP contribution in [-0.4, -0.2) is 22.4 Å². The second-order valence-corrected chi connectivity index (χ2v) is 5.45. The van der Waals surface area contributed by atoms with Crippen LogP contribution in [0, 0.1) is 11.6 Å². The molecule has 0 spiro atoms. The van der Waals surface area contributed by atoms with Gasteiger partial charge in [-0.1, -0.05) is 6.07 Å².